The summed E-state index contributed by atoms with van der Waals surface area (Å²) in [5.41, 5.74) is 3.51. The van der Waals surface area contributed by atoms with Gasteiger partial charge in [0.15, 0.2) is 6.61 Å². The van der Waals surface area contributed by atoms with Gasteiger partial charge in [-0.25, -0.2) is 0 Å². The van der Waals surface area contributed by atoms with E-state index in [1.807, 2.05) is 32.0 Å². The number of oxime groups is 1. The summed E-state index contributed by atoms with van der Waals surface area (Å²) in [6, 6.07) is 12.8. The third-order valence-electron chi connectivity index (χ3n) is 3.13. The normalized spacial score (nSPS) is 10.6. The summed E-state index contributed by atoms with van der Waals surface area (Å²) >= 11 is 0. The monoisotopic (exact) mass is 298 g/mol. The summed E-state index contributed by atoms with van der Waals surface area (Å²) < 4.78 is 5.47. The molecule has 5 heteroatoms. The quantitative estimate of drug-likeness (QED) is 0.506. The van der Waals surface area contributed by atoms with Gasteiger partial charge in [-0.2, -0.15) is 0 Å². The number of para-hydroxylation sites is 1. The first kappa shape index (κ1) is 15.6. The lowest BCUT2D eigenvalue weighted by molar-refractivity contribution is -0.118. The van der Waals surface area contributed by atoms with E-state index in [4.69, 9.17) is 9.94 Å². The highest BCUT2D eigenvalue weighted by Gasteiger charge is 2.07. The lowest BCUT2D eigenvalue weighted by Crippen LogP contribution is -2.21. The Kier molecular flexibility index (Phi) is 5.14. The molecule has 0 heterocycles. The highest BCUT2D eigenvalue weighted by atomic mass is 16.5. The third kappa shape index (κ3) is 4.09. The van der Waals surface area contributed by atoms with Gasteiger partial charge >= 0.3 is 0 Å². The molecule has 0 aliphatic rings. The maximum absolute atomic E-state index is 12.0. The van der Waals surface area contributed by atoms with E-state index in [9.17, 15) is 4.79 Å². The minimum atomic E-state index is -0.248. The van der Waals surface area contributed by atoms with Gasteiger partial charge in [0.05, 0.1) is 6.21 Å². The topological polar surface area (TPSA) is 70.9 Å². The molecule has 0 aromatic heterocycles. The molecule has 0 bridgehead atoms. The van der Waals surface area contributed by atoms with Gasteiger partial charge in [0.2, 0.25) is 0 Å². The number of rotatable bonds is 5. The highest BCUT2D eigenvalue weighted by Crippen LogP contribution is 2.17. The second-order valence-electron chi connectivity index (χ2n) is 4.94. The summed E-state index contributed by atoms with van der Waals surface area (Å²) in [5, 5.41) is 14.4. The number of nitrogens with zero attached hydrogens (tertiary/aromatic N) is 1. The number of aryl methyl sites for hydroxylation is 2. The van der Waals surface area contributed by atoms with Crippen molar-refractivity contribution < 1.29 is 14.7 Å². The fourth-order valence-electron chi connectivity index (χ4n) is 2.06. The van der Waals surface area contributed by atoms with E-state index >= 15 is 0 Å². The van der Waals surface area contributed by atoms with Crippen LogP contribution >= 0.6 is 0 Å². The maximum atomic E-state index is 12.0. The van der Waals surface area contributed by atoms with Gasteiger partial charge in [-0.15, -0.1) is 0 Å². The van der Waals surface area contributed by atoms with Gasteiger partial charge in [0.1, 0.15) is 5.75 Å². The summed E-state index contributed by atoms with van der Waals surface area (Å²) in [6.07, 6.45) is 1.26. The first-order valence-electron chi connectivity index (χ1n) is 6.86. The van der Waals surface area contributed by atoms with E-state index < -0.39 is 0 Å². The van der Waals surface area contributed by atoms with Gasteiger partial charge in [-0.1, -0.05) is 35.0 Å². The van der Waals surface area contributed by atoms with Gasteiger partial charge in [-0.05, 0) is 37.6 Å². The molecule has 0 fully saturated rings. The molecule has 0 unspecified atom stereocenters. The highest BCUT2D eigenvalue weighted by molar-refractivity contribution is 5.93. The van der Waals surface area contributed by atoms with E-state index in [1.165, 1.54) is 6.21 Å². The number of benzene rings is 2. The minimum absolute atomic E-state index is 0.121. The Morgan fingerprint density at radius 2 is 2.05 bits per heavy atom. The van der Waals surface area contributed by atoms with Crippen molar-refractivity contribution in [2.75, 3.05) is 11.9 Å². The van der Waals surface area contributed by atoms with Crippen LogP contribution in [0.15, 0.2) is 47.6 Å². The van der Waals surface area contributed by atoms with Crippen molar-refractivity contribution in [3.63, 3.8) is 0 Å². The zero-order chi connectivity index (χ0) is 15.9. The number of carbonyl (C=O) groups excluding carboxylic acids is 1. The number of hydrogen-bond donors (Lipinski definition) is 2. The Morgan fingerprint density at radius 1 is 1.27 bits per heavy atom. The van der Waals surface area contributed by atoms with Crippen molar-refractivity contribution in [2.45, 2.75) is 13.8 Å². The fraction of sp³-hybridized carbons (Fsp3) is 0.176. The van der Waals surface area contributed by atoms with E-state index in [1.54, 1.807) is 24.3 Å². The standard InChI is InChI=1S/C17H18N2O3/c1-12-7-8-15(13(2)9-12)19-17(20)11-22-16-6-4-3-5-14(16)10-18-21/h3-10,21H,11H2,1-2H3,(H,19,20)/b18-10+. The van der Waals surface area contributed by atoms with Crippen LogP contribution in [0.1, 0.15) is 16.7 Å². The van der Waals surface area contributed by atoms with E-state index in [-0.39, 0.29) is 12.5 Å². The van der Waals surface area contributed by atoms with Gasteiger partial charge in [-0.3, -0.25) is 4.79 Å². The molecule has 0 saturated heterocycles. The number of carbonyl (C=O) groups is 1. The summed E-state index contributed by atoms with van der Waals surface area (Å²) in [7, 11) is 0. The average Bonchev–Trinajstić information content (AvgIpc) is 2.49. The molecule has 0 atom stereocenters. The number of anilines is 1. The first-order chi connectivity index (χ1) is 10.6. The van der Waals surface area contributed by atoms with Crippen molar-refractivity contribution in [2.24, 2.45) is 5.16 Å². The summed E-state index contributed by atoms with van der Waals surface area (Å²) in [6.45, 7) is 3.82. The van der Waals surface area contributed by atoms with Gasteiger partial charge in [0, 0.05) is 11.3 Å². The molecule has 2 rings (SSSR count). The number of amides is 1. The smallest absolute Gasteiger partial charge is 0.262 e. The largest absolute Gasteiger partial charge is 0.483 e. The van der Waals surface area contributed by atoms with Crippen molar-refractivity contribution in [1.29, 1.82) is 0 Å². The Morgan fingerprint density at radius 3 is 2.77 bits per heavy atom. The van der Waals surface area contributed by atoms with Gasteiger partial charge in [0.25, 0.3) is 5.91 Å². The second-order valence-corrected chi connectivity index (χ2v) is 4.94. The van der Waals surface area contributed by atoms with E-state index in [0.717, 1.165) is 16.8 Å². The molecule has 0 aliphatic heterocycles. The summed E-state index contributed by atoms with van der Waals surface area (Å²) in [4.78, 5) is 12.0. The first-order valence-corrected chi connectivity index (χ1v) is 6.86. The van der Waals surface area contributed by atoms with Crippen LogP contribution in [-0.2, 0) is 4.79 Å². The predicted octanol–water partition coefficient (Wildman–Crippen LogP) is 3.13. The lowest BCUT2D eigenvalue weighted by Gasteiger charge is -2.11. The second kappa shape index (κ2) is 7.26. The molecule has 2 aromatic rings. The average molecular weight is 298 g/mol. The van der Waals surface area contributed by atoms with Crippen LogP contribution in [-0.4, -0.2) is 23.9 Å². The molecule has 0 radical (unpaired) electrons. The molecule has 2 aromatic carbocycles. The molecule has 2 N–H and O–H groups in total. The number of ether oxygens (including phenoxy) is 1. The van der Waals surface area contributed by atoms with Crippen LogP contribution in [0.3, 0.4) is 0 Å². The molecular weight excluding hydrogens is 280 g/mol. The van der Waals surface area contributed by atoms with E-state index in [2.05, 4.69) is 10.5 Å². The van der Waals surface area contributed by atoms with Crippen molar-refractivity contribution in [3.8, 4) is 5.75 Å². The zero-order valence-electron chi connectivity index (χ0n) is 12.5. The van der Waals surface area contributed by atoms with Crippen LogP contribution in [0.5, 0.6) is 5.75 Å². The van der Waals surface area contributed by atoms with Crippen molar-refractivity contribution in [3.05, 3.63) is 59.2 Å². The number of nitrogens with one attached hydrogen (secondary N) is 1. The van der Waals surface area contributed by atoms with Crippen LogP contribution in [0, 0.1) is 13.8 Å². The molecule has 5 nitrogen and oxygen atoms in total. The van der Waals surface area contributed by atoms with Crippen LogP contribution < -0.4 is 10.1 Å². The molecule has 22 heavy (non-hydrogen) atoms. The summed E-state index contributed by atoms with van der Waals surface area (Å²) in [5.74, 6) is 0.235. The van der Waals surface area contributed by atoms with Gasteiger partial charge < -0.3 is 15.3 Å². The van der Waals surface area contributed by atoms with Crippen LogP contribution in [0.25, 0.3) is 0 Å². The Hall–Kier alpha value is -2.82. The molecular formula is C17H18N2O3. The minimum Gasteiger partial charge on any atom is -0.483 e. The van der Waals surface area contributed by atoms with Crippen molar-refractivity contribution >= 4 is 17.8 Å². The third-order valence-corrected chi connectivity index (χ3v) is 3.13. The van der Waals surface area contributed by atoms with Crippen molar-refractivity contribution in [1.82, 2.24) is 0 Å². The van der Waals surface area contributed by atoms with E-state index in [0.29, 0.717) is 11.3 Å². The molecule has 0 aliphatic carbocycles. The zero-order valence-corrected chi connectivity index (χ0v) is 12.5. The Bertz CT molecular complexity index is 696. The molecule has 114 valence electrons. The SMILES string of the molecule is Cc1ccc(NC(=O)COc2ccccc2/C=N/O)c(C)c1. The fourth-order valence-corrected chi connectivity index (χ4v) is 2.06. The number of hydrogen-bond acceptors (Lipinski definition) is 4. The van der Waals surface area contributed by atoms with Crippen LogP contribution in [0.4, 0.5) is 5.69 Å². The predicted molar refractivity (Wildman–Crippen MR) is 85.9 cm³/mol. The maximum Gasteiger partial charge on any atom is 0.262 e. The lowest BCUT2D eigenvalue weighted by atomic mass is 10.1. The Labute approximate surface area is 129 Å². The van der Waals surface area contributed by atoms with Crippen LogP contribution in [0.2, 0.25) is 0 Å². The molecule has 1 amide bonds. The molecule has 0 spiro atoms. The Balaban J connectivity index is 1.98. The molecule has 0 saturated carbocycles.